The van der Waals surface area contributed by atoms with Crippen molar-refractivity contribution in [1.29, 1.82) is 0 Å². The lowest BCUT2D eigenvalue weighted by molar-refractivity contribution is 0.101. The Morgan fingerprint density at radius 2 is 1.84 bits per heavy atom. The van der Waals surface area contributed by atoms with Gasteiger partial charge in [0.2, 0.25) is 0 Å². The zero-order chi connectivity index (χ0) is 22.0. The van der Waals surface area contributed by atoms with E-state index < -0.39 is 17.6 Å². The number of aromatic nitrogens is 2. The molecule has 31 heavy (non-hydrogen) atoms. The Kier molecular flexibility index (Phi) is 5.55. The maximum Gasteiger partial charge on any atom is 0.259 e. The number of aryl methyl sites for hydroxylation is 1. The molecule has 0 saturated heterocycles. The number of anilines is 2. The van der Waals surface area contributed by atoms with E-state index in [1.807, 2.05) is 0 Å². The third kappa shape index (κ3) is 4.49. The normalized spacial score (nSPS) is 10.7. The summed E-state index contributed by atoms with van der Waals surface area (Å²) in [5, 5.41) is 9.92. The summed E-state index contributed by atoms with van der Waals surface area (Å²) in [5.41, 5.74) is 1.58. The first kappa shape index (κ1) is 20.4. The van der Waals surface area contributed by atoms with Gasteiger partial charge >= 0.3 is 0 Å². The molecule has 156 valence electrons. The zero-order valence-electron chi connectivity index (χ0n) is 16.2. The monoisotopic (exact) mass is 438 g/mol. The molecular weight excluding hydrogens is 423 g/mol. The molecule has 2 amide bonds. The summed E-state index contributed by atoms with van der Waals surface area (Å²) in [4.78, 5) is 24.9. The molecule has 0 unspecified atom stereocenters. The second-order valence-corrected chi connectivity index (χ2v) is 7.08. The summed E-state index contributed by atoms with van der Waals surface area (Å²) in [6, 6.07) is 12.4. The van der Waals surface area contributed by atoms with Crippen molar-refractivity contribution in [1.82, 2.24) is 9.78 Å². The highest BCUT2D eigenvalue weighted by Crippen LogP contribution is 2.22. The average Bonchev–Trinajstić information content (AvgIpc) is 3.40. The molecule has 0 saturated carbocycles. The minimum atomic E-state index is -0.636. The molecule has 2 heterocycles. The Hall–Kier alpha value is -3.91. The first-order chi connectivity index (χ1) is 14.9. The zero-order valence-corrected chi connectivity index (χ0v) is 17.0. The number of halogens is 2. The summed E-state index contributed by atoms with van der Waals surface area (Å²) in [7, 11) is 0. The highest BCUT2D eigenvalue weighted by Gasteiger charge is 2.15. The molecule has 0 radical (unpaired) electrons. The van der Waals surface area contributed by atoms with Crippen molar-refractivity contribution in [2.24, 2.45) is 0 Å². The van der Waals surface area contributed by atoms with E-state index in [1.165, 1.54) is 35.3 Å². The van der Waals surface area contributed by atoms with E-state index >= 15 is 0 Å². The van der Waals surface area contributed by atoms with E-state index in [1.54, 1.807) is 37.4 Å². The topological polar surface area (TPSA) is 89.2 Å². The lowest BCUT2D eigenvalue weighted by Crippen LogP contribution is -2.15. The summed E-state index contributed by atoms with van der Waals surface area (Å²) in [5.74, 6) is -1.17. The van der Waals surface area contributed by atoms with Crippen molar-refractivity contribution in [3.05, 3.63) is 94.9 Å². The Morgan fingerprint density at radius 1 is 1.06 bits per heavy atom. The van der Waals surface area contributed by atoms with Gasteiger partial charge in [0.25, 0.3) is 11.8 Å². The van der Waals surface area contributed by atoms with Crippen LogP contribution < -0.4 is 10.6 Å². The molecule has 2 N–H and O–H groups in total. The fourth-order valence-corrected chi connectivity index (χ4v) is 3.01. The lowest BCUT2D eigenvalue weighted by Gasteiger charge is -2.09. The SMILES string of the molecule is Cc1occc1C(=O)Nc1cc(NC(=O)c2cnn(-c3ccc(Cl)cc3)c2)ccc1F. The Morgan fingerprint density at radius 3 is 2.55 bits per heavy atom. The number of hydrogen-bond acceptors (Lipinski definition) is 4. The molecule has 0 atom stereocenters. The van der Waals surface area contributed by atoms with Crippen molar-refractivity contribution >= 4 is 34.8 Å². The molecule has 0 aliphatic heterocycles. The van der Waals surface area contributed by atoms with Gasteiger partial charge in [-0.15, -0.1) is 0 Å². The molecule has 0 fully saturated rings. The smallest absolute Gasteiger partial charge is 0.259 e. The predicted molar refractivity (Wildman–Crippen MR) is 114 cm³/mol. The average molecular weight is 439 g/mol. The Bertz CT molecular complexity index is 1260. The standard InChI is InChI=1S/C22H16ClFN4O3/c1-13-18(8-9-31-13)22(30)27-20-10-16(4-7-19(20)24)26-21(29)14-11-25-28(12-14)17-5-2-15(23)3-6-17/h2-12H,1H3,(H,26,29)(H,27,30). The fraction of sp³-hybridized carbons (Fsp3) is 0.0455. The highest BCUT2D eigenvalue weighted by molar-refractivity contribution is 6.30. The molecule has 9 heteroatoms. The van der Waals surface area contributed by atoms with Crippen molar-refractivity contribution in [3.8, 4) is 5.69 Å². The first-order valence-corrected chi connectivity index (χ1v) is 9.55. The van der Waals surface area contributed by atoms with Gasteiger partial charge in [-0.05, 0) is 55.5 Å². The number of hydrogen-bond donors (Lipinski definition) is 2. The van der Waals surface area contributed by atoms with E-state index in [-0.39, 0.29) is 5.69 Å². The van der Waals surface area contributed by atoms with Gasteiger partial charge in [0.05, 0.1) is 35.0 Å². The minimum absolute atomic E-state index is 0.0692. The van der Waals surface area contributed by atoms with Gasteiger partial charge in [0, 0.05) is 16.9 Å². The number of benzene rings is 2. The van der Waals surface area contributed by atoms with E-state index in [9.17, 15) is 14.0 Å². The van der Waals surface area contributed by atoms with Crippen LogP contribution in [0.25, 0.3) is 5.69 Å². The van der Waals surface area contributed by atoms with E-state index in [0.29, 0.717) is 27.6 Å². The van der Waals surface area contributed by atoms with Crippen molar-refractivity contribution in [3.63, 3.8) is 0 Å². The van der Waals surface area contributed by atoms with Crippen LogP contribution in [0.5, 0.6) is 0 Å². The maximum atomic E-state index is 14.2. The lowest BCUT2D eigenvalue weighted by atomic mass is 10.2. The summed E-state index contributed by atoms with van der Waals surface area (Å²) in [6.45, 7) is 1.63. The van der Waals surface area contributed by atoms with Crippen LogP contribution in [0.2, 0.25) is 5.02 Å². The van der Waals surface area contributed by atoms with Gasteiger partial charge in [0.15, 0.2) is 0 Å². The van der Waals surface area contributed by atoms with Crippen LogP contribution in [0, 0.1) is 12.7 Å². The molecule has 4 rings (SSSR count). The molecule has 0 bridgehead atoms. The summed E-state index contributed by atoms with van der Waals surface area (Å²) < 4.78 is 20.8. The number of furan rings is 1. The molecule has 0 aliphatic carbocycles. The maximum absolute atomic E-state index is 14.2. The summed E-state index contributed by atoms with van der Waals surface area (Å²) in [6.07, 6.45) is 4.35. The molecule has 2 aromatic heterocycles. The van der Waals surface area contributed by atoms with Crippen LogP contribution in [0.1, 0.15) is 26.5 Å². The molecule has 0 spiro atoms. The largest absolute Gasteiger partial charge is 0.469 e. The second kappa shape index (κ2) is 8.45. The van der Waals surface area contributed by atoms with Gasteiger partial charge in [-0.2, -0.15) is 5.10 Å². The third-order valence-electron chi connectivity index (χ3n) is 4.51. The van der Waals surface area contributed by atoms with Crippen LogP contribution in [-0.2, 0) is 0 Å². The number of nitrogens with zero attached hydrogens (tertiary/aromatic N) is 2. The number of amides is 2. The fourth-order valence-electron chi connectivity index (χ4n) is 2.89. The molecular formula is C22H16ClFN4O3. The van der Waals surface area contributed by atoms with Crippen molar-refractivity contribution < 1.29 is 18.4 Å². The van der Waals surface area contributed by atoms with Gasteiger partial charge in [-0.25, -0.2) is 9.07 Å². The minimum Gasteiger partial charge on any atom is -0.469 e. The number of carbonyl (C=O) groups is 2. The molecule has 4 aromatic rings. The van der Waals surface area contributed by atoms with E-state index in [2.05, 4.69) is 15.7 Å². The number of rotatable bonds is 5. The quantitative estimate of drug-likeness (QED) is 0.455. The van der Waals surface area contributed by atoms with Crippen LogP contribution in [0.3, 0.4) is 0 Å². The van der Waals surface area contributed by atoms with Crippen LogP contribution in [-0.4, -0.2) is 21.6 Å². The Labute approximate surface area is 181 Å². The number of nitrogens with one attached hydrogen (secondary N) is 2. The number of carbonyl (C=O) groups excluding carboxylic acids is 2. The van der Waals surface area contributed by atoms with Crippen molar-refractivity contribution in [2.45, 2.75) is 6.92 Å². The molecule has 0 aliphatic rings. The van der Waals surface area contributed by atoms with Crippen LogP contribution in [0.15, 0.2) is 71.6 Å². The van der Waals surface area contributed by atoms with Gasteiger partial charge < -0.3 is 15.1 Å². The van der Waals surface area contributed by atoms with Crippen molar-refractivity contribution in [2.75, 3.05) is 10.6 Å². The predicted octanol–water partition coefficient (Wildman–Crippen LogP) is 5.07. The second-order valence-electron chi connectivity index (χ2n) is 6.64. The van der Waals surface area contributed by atoms with Gasteiger partial charge in [-0.1, -0.05) is 11.6 Å². The Balaban J connectivity index is 1.49. The molecule has 2 aromatic carbocycles. The summed E-state index contributed by atoms with van der Waals surface area (Å²) >= 11 is 5.89. The van der Waals surface area contributed by atoms with Gasteiger partial charge in [-0.3, -0.25) is 9.59 Å². The van der Waals surface area contributed by atoms with E-state index in [4.69, 9.17) is 16.0 Å². The third-order valence-corrected chi connectivity index (χ3v) is 4.76. The van der Waals surface area contributed by atoms with E-state index in [0.717, 1.165) is 11.8 Å². The highest BCUT2D eigenvalue weighted by atomic mass is 35.5. The molecule has 7 nitrogen and oxygen atoms in total. The van der Waals surface area contributed by atoms with Crippen LogP contribution in [0.4, 0.5) is 15.8 Å². The van der Waals surface area contributed by atoms with Gasteiger partial charge in [0.1, 0.15) is 11.6 Å². The van der Waals surface area contributed by atoms with Crippen LogP contribution >= 0.6 is 11.6 Å². The first-order valence-electron chi connectivity index (χ1n) is 9.17.